The molecular formula is C12H17N3S. The van der Waals surface area contributed by atoms with Gasteiger partial charge in [-0.25, -0.2) is 4.98 Å². The second-order valence-electron chi connectivity index (χ2n) is 3.74. The Balaban J connectivity index is 2.07. The third kappa shape index (κ3) is 2.51. The molecule has 0 radical (unpaired) electrons. The van der Waals surface area contributed by atoms with Gasteiger partial charge in [0.25, 0.3) is 0 Å². The maximum atomic E-state index is 4.61. The second kappa shape index (κ2) is 5.27. The van der Waals surface area contributed by atoms with Crippen molar-refractivity contribution in [2.45, 2.75) is 6.92 Å². The van der Waals surface area contributed by atoms with Gasteiger partial charge in [-0.15, -0.1) is 0 Å². The van der Waals surface area contributed by atoms with Crippen LogP contribution < -0.4 is 10.2 Å². The molecule has 16 heavy (non-hydrogen) atoms. The summed E-state index contributed by atoms with van der Waals surface area (Å²) in [6.07, 6.45) is 0. The average molecular weight is 235 g/mol. The molecule has 1 heterocycles. The maximum absolute atomic E-state index is 4.61. The molecule has 1 aromatic carbocycles. The van der Waals surface area contributed by atoms with E-state index in [1.807, 2.05) is 6.07 Å². The highest BCUT2D eigenvalue weighted by atomic mass is 32.1. The Bertz CT molecular complexity index is 419. The zero-order valence-corrected chi connectivity index (χ0v) is 10.5. The number of likely N-dealkylation sites (N-methyl/N-ethyl adjacent to an activating group) is 2. The largest absolute Gasteiger partial charge is 0.350 e. The molecule has 0 spiro atoms. The first-order valence-electron chi connectivity index (χ1n) is 5.58. The fourth-order valence-electron chi connectivity index (χ4n) is 1.54. The zero-order valence-electron chi connectivity index (χ0n) is 9.73. The number of nitrogens with zero attached hydrogens (tertiary/aromatic N) is 2. The summed E-state index contributed by atoms with van der Waals surface area (Å²) < 4.78 is 1.26. The molecule has 1 N–H and O–H groups in total. The Morgan fingerprint density at radius 2 is 2.19 bits per heavy atom. The van der Waals surface area contributed by atoms with Crippen LogP contribution in [-0.2, 0) is 0 Å². The first kappa shape index (κ1) is 11.4. The van der Waals surface area contributed by atoms with Crippen LogP contribution in [0.25, 0.3) is 10.2 Å². The number of hydrogen-bond acceptors (Lipinski definition) is 4. The van der Waals surface area contributed by atoms with Crippen LogP contribution in [0.4, 0.5) is 5.13 Å². The summed E-state index contributed by atoms with van der Waals surface area (Å²) in [4.78, 5) is 6.81. The predicted octanol–water partition coefficient (Wildman–Crippen LogP) is 2.34. The average Bonchev–Trinajstić information content (AvgIpc) is 2.73. The highest BCUT2D eigenvalue weighted by molar-refractivity contribution is 7.22. The molecule has 0 aliphatic rings. The van der Waals surface area contributed by atoms with Gasteiger partial charge in [0.1, 0.15) is 0 Å². The number of nitrogens with one attached hydrogen (secondary N) is 1. The molecule has 0 bridgehead atoms. The molecule has 0 fully saturated rings. The van der Waals surface area contributed by atoms with Gasteiger partial charge in [0.15, 0.2) is 5.13 Å². The Kier molecular flexibility index (Phi) is 3.74. The Morgan fingerprint density at radius 1 is 1.38 bits per heavy atom. The van der Waals surface area contributed by atoms with E-state index in [9.17, 15) is 0 Å². The molecule has 3 nitrogen and oxygen atoms in total. The lowest BCUT2D eigenvalue weighted by Crippen LogP contribution is -2.28. The van der Waals surface area contributed by atoms with Gasteiger partial charge in [-0.05, 0) is 18.7 Å². The number of rotatable bonds is 5. The Labute approximate surface area is 100 Å². The third-order valence-corrected chi connectivity index (χ3v) is 3.63. The lowest BCUT2D eigenvalue weighted by atomic mass is 10.3. The van der Waals surface area contributed by atoms with Gasteiger partial charge in [-0.1, -0.05) is 30.4 Å². The highest BCUT2D eigenvalue weighted by Crippen LogP contribution is 2.27. The van der Waals surface area contributed by atoms with Crippen LogP contribution in [0.3, 0.4) is 0 Å². The summed E-state index contributed by atoms with van der Waals surface area (Å²) in [5, 5.41) is 4.41. The number of hydrogen-bond donors (Lipinski definition) is 1. The molecule has 1 aromatic heterocycles. The van der Waals surface area contributed by atoms with Gasteiger partial charge in [0, 0.05) is 20.1 Å². The van der Waals surface area contributed by atoms with Gasteiger partial charge in [-0.2, -0.15) is 0 Å². The first-order chi connectivity index (χ1) is 7.81. The van der Waals surface area contributed by atoms with Crippen LogP contribution in [0.15, 0.2) is 24.3 Å². The monoisotopic (exact) mass is 235 g/mol. The molecular weight excluding hydrogens is 218 g/mol. The summed E-state index contributed by atoms with van der Waals surface area (Å²) in [6, 6.07) is 8.27. The zero-order chi connectivity index (χ0) is 11.4. The minimum absolute atomic E-state index is 0.994. The van der Waals surface area contributed by atoms with Crippen molar-refractivity contribution in [1.29, 1.82) is 0 Å². The lowest BCUT2D eigenvalue weighted by molar-refractivity contribution is 0.705. The van der Waals surface area contributed by atoms with E-state index in [1.54, 1.807) is 11.3 Å². The van der Waals surface area contributed by atoms with Crippen molar-refractivity contribution in [1.82, 2.24) is 10.3 Å². The number of benzene rings is 1. The molecule has 0 amide bonds. The van der Waals surface area contributed by atoms with Crippen LogP contribution in [0.1, 0.15) is 6.92 Å². The SMILES string of the molecule is CCNCCN(C)c1nc2ccccc2s1. The molecule has 2 aromatic rings. The van der Waals surface area contributed by atoms with E-state index >= 15 is 0 Å². The third-order valence-electron chi connectivity index (χ3n) is 2.48. The predicted molar refractivity (Wildman–Crippen MR) is 71.4 cm³/mol. The van der Waals surface area contributed by atoms with Crippen molar-refractivity contribution >= 4 is 26.7 Å². The molecule has 0 unspecified atom stereocenters. The van der Waals surface area contributed by atoms with Crippen molar-refractivity contribution in [2.75, 3.05) is 31.6 Å². The van der Waals surface area contributed by atoms with Crippen LogP contribution in [0.5, 0.6) is 0 Å². The van der Waals surface area contributed by atoms with Gasteiger partial charge >= 0.3 is 0 Å². The summed E-state index contributed by atoms with van der Waals surface area (Å²) in [5.41, 5.74) is 1.10. The van der Waals surface area contributed by atoms with Gasteiger partial charge in [0.2, 0.25) is 0 Å². The van der Waals surface area contributed by atoms with Crippen molar-refractivity contribution in [3.8, 4) is 0 Å². The quantitative estimate of drug-likeness (QED) is 0.806. The number of para-hydroxylation sites is 1. The van der Waals surface area contributed by atoms with E-state index in [2.05, 4.69) is 47.4 Å². The maximum Gasteiger partial charge on any atom is 0.186 e. The Hall–Kier alpha value is -1.13. The molecule has 0 aliphatic heterocycles. The van der Waals surface area contributed by atoms with Crippen LogP contribution in [0, 0.1) is 0 Å². The summed E-state index contributed by atoms with van der Waals surface area (Å²) in [5.74, 6) is 0. The van der Waals surface area contributed by atoms with Crippen molar-refractivity contribution < 1.29 is 0 Å². The van der Waals surface area contributed by atoms with Gasteiger partial charge < -0.3 is 10.2 Å². The normalized spacial score (nSPS) is 10.9. The van der Waals surface area contributed by atoms with Crippen molar-refractivity contribution in [3.05, 3.63) is 24.3 Å². The topological polar surface area (TPSA) is 28.2 Å². The van der Waals surface area contributed by atoms with E-state index < -0.39 is 0 Å². The van der Waals surface area contributed by atoms with Crippen molar-refractivity contribution in [2.24, 2.45) is 0 Å². The smallest absolute Gasteiger partial charge is 0.186 e. The molecule has 86 valence electrons. The fourth-order valence-corrected chi connectivity index (χ4v) is 2.50. The van der Waals surface area contributed by atoms with Gasteiger partial charge in [0.05, 0.1) is 10.2 Å². The van der Waals surface area contributed by atoms with E-state index in [-0.39, 0.29) is 0 Å². The summed E-state index contributed by atoms with van der Waals surface area (Å²) in [6.45, 7) is 5.14. The van der Waals surface area contributed by atoms with Crippen molar-refractivity contribution in [3.63, 3.8) is 0 Å². The first-order valence-corrected chi connectivity index (χ1v) is 6.40. The summed E-state index contributed by atoms with van der Waals surface area (Å²) in [7, 11) is 2.09. The molecule has 0 saturated heterocycles. The standard InChI is InChI=1S/C12H17N3S/c1-3-13-8-9-15(2)12-14-10-6-4-5-7-11(10)16-12/h4-7,13H,3,8-9H2,1-2H3. The molecule has 0 atom stereocenters. The lowest BCUT2D eigenvalue weighted by Gasteiger charge is -2.15. The van der Waals surface area contributed by atoms with Crippen LogP contribution in [0.2, 0.25) is 0 Å². The Morgan fingerprint density at radius 3 is 2.94 bits per heavy atom. The van der Waals surface area contributed by atoms with E-state index in [0.29, 0.717) is 0 Å². The fraction of sp³-hybridized carbons (Fsp3) is 0.417. The minimum atomic E-state index is 0.994. The number of aromatic nitrogens is 1. The van der Waals surface area contributed by atoms with E-state index in [1.165, 1.54) is 4.70 Å². The second-order valence-corrected chi connectivity index (χ2v) is 4.75. The minimum Gasteiger partial charge on any atom is -0.350 e. The molecule has 4 heteroatoms. The van der Waals surface area contributed by atoms with E-state index in [4.69, 9.17) is 0 Å². The highest BCUT2D eigenvalue weighted by Gasteiger charge is 2.06. The molecule has 0 aliphatic carbocycles. The van der Waals surface area contributed by atoms with Crippen LogP contribution >= 0.6 is 11.3 Å². The summed E-state index contributed by atoms with van der Waals surface area (Å²) >= 11 is 1.75. The number of thiazole rings is 1. The van der Waals surface area contributed by atoms with Crippen LogP contribution in [-0.4, -0.2) is 31.7 Å². The van der Waals surface area contributed by atoms with Gasteiger partial charge in [-0.3, -0.25) is 0 Å². The number of fused-ring (bicyclic) bond motifs is 1. The molecule has 2 rings (SSSR count). The van der Waals surface area contributed by atoms with E-state index in [0.717, 1.165) is 30.3 Å². The molecule has 0 saturated carbocycles. The number of anilines is 1.